The molecule has 2 aromatic heterocycles. The number of pyridine rings is 1. The molecule has 88 valence electrons. The molecule has 0 atom stereocenters. The molecule has 0 saturated heterocycles. The first-order valence-electron chi connectivity index (χ1n) is 4.97. The molecule has 0 saturated carbocycles. The van der Waals surface area contributed by atoms with Gasteiger partial charge in [-0.05, 0) is 12.1 Å². The van der Waals surface area contributed by atoms with Crippen LogP contribution in [0.1, 0.15) is 16.2 Å². The highest BCUT2D eigenvalue weighted by Crippen LogP contribution is 2.04. The van der Waals surface area contributed by atoms with Crippen molar-refractivity contribution in [2.75, 3.05) is 12.4 Å². The molecule has 0 spiro atoms. The molecule has 0 aliphatic carbocycles. The monoisotopic (exact) mass is 233 g/mol. The van der Waals surface area contributed by atoms with Gasteiger partial charge in [-0.1, -0.05) is 5.16 Å². The normalized spacial score (nSPS) is 9.94. The molecule has 0 radical (unpaired) electrons. The molecule has 2 rings (SSSR count). The summed E-state index contributed by atoms with van der Waals surface area (Å²) in [5.41, 5.74) is 0.479. The second-order valence-corrected chi connectivity index (χ2v) is 3.21. The van der Waals surface area contributed by atoms with E-state index >= 15 is 0 Å². The van der Waals surface area contributed by atoms with Crippen molar-refractivity contribution >= 4 is 11.7 Å². The minimum absolute atomic E-state index is 0.225. The van der Waals surface area contributed by atoms with Crippen LogP contribution in [0.4, 0.5) is 5.82 Å². The predicted octanol–water partition coefficient (Wildman–Crippen LogP) is 0.436. The fraction of sp³-hybridized carbons (Fsp3) is 0.200. The fourth-order valence-corrected chi connectivity index (χ4v) is 1.21. The Kier molecular flexibility index (Phi) is 3.29. The minimum atomic E-state index is -0.232. The molecule has 17 heavy (non-hydrogen) atoms. The average molecular weight is 233 g/mol. The summed E-state index contributed by atoms with van der Waals surface area (Å²) in [4.78, 5) is 19.5. The number of rotatable bonds is 4. The molecule has 7 nitrogen and oxygen atoms in total. The van der Waals surface area contributed by atoms with Gasteiger partial charge in [-0.15, -0.1) is 0 Å². The van der Waals surface area contributed by atoms with Crippen LogP contribution in [0.5, 0.6) is 0 Å². The van der Waals surface area contributed by atoms with Gasteiger partial charge in [-0.2, -0.15) is 4.98 Å². The lowest BCUT2D eigenvalue weighted by atomic mass is 10.2. The van der Waals surface area contributed by atoms with Crippen LogP contribution in [0, 0.1) is 0 Å². The van der Waals surface area contributed by atoms with Gasteiger partial charge in [0.25, 0.3) is 5.91 Å². The maximum Gasteiger partial charge on any atom is 0.253 e. The predicted molar refractivity (Wildman–Crippen MR) is 59.3 cm³/mol. The van der Waals surface area contributed by atoms with Gasteiger partial charge in [0, 0.05) is 13.2 Å². The number of amides is 1. The topological polar surface area (TPSA) is 92.9 Å². The van der Waals surface area contributed by atoms with E-state index in [9.17, 15) is 4.79 Å². The number of carbonyl (C=O) groups is 1. The molecule has 0 bridgehead atoms. The minimum Gasteiger partial charge on any atom is -0.373 e. The van der Waals surface area contributed by atoms with E-state index in [4.69, 9.17) is 0 Å². The third-order valence-corrected chi connectivity index (χ3v) is 2.10. The summed E-state index contributed by atoms with van der Waals surface area (Å²) in [5.74, 6) is 0.905. The molecule has 0 unspecified atom stereocenters. The van der Waals surface area contributed by atoms with Crippen LogP contribution in [0.3, 0.4) is 0 Å². The van der Waals surface area contributed by atoms with Crippen molar-refractivity contribution < 1.29 is 9.32 Å². The Morgan fingerprint density at radius 2 is 2.29 bits per heavy atom. The van der Waals surface area contributed by atoms with E-state index in [1.165, 1.54) is 12.6 Å². The van der Waals surface area contributed by atoms with Gasteiger partial charge in [0.15, 0.2) is 5.82 Å². The average Bonchev–Trinajstić information content (AvgIpc) is 2.89. The lowest BCUT2D eigenvalue weighted by Crippen LogP contribution is -2.23. The molecule has 0 aromatic carbocycles. The zero-order valence-electron chi connectivity index (χ0n) is 9.17. The number of hydrogen-bond acceptors (Lipinski definition) is 6. The van der Waals surface area contributed by atoms with Gasteiger partial charge >= 0.3 is 0 Å². The van der Waals surface area contributed by atoms with Crippen molar-refractivity contribution in [3.63, 3.8) is 0 Å². The van der Waals surface area contributed by atoms with Crippen LogP contribution in [-0.2, 0) is 6.54 Å². The van der Waals surface area contributed by atoms with Crippen molar-refractivity contribution in [1.82, 2.24) is 20.4 Å². The van der Waals surface area contributed by atoms with Crippen molar-refractivity contribution in [3.8, 4) is 0 Å². The third-order valence-electron chi connectivity index (χ3n) is 2.10. The second kappa shape index (κ2) is 5.06. The standard InChI is InChI=1S/C10H11N5O2/c1-11-8-3-2-7(4-12-8)10(16)13-5-9-14-6-17-15-9/h2-4,6H,5H2,1H3,(H,11,12)(H,13,16). The molecule has 7 heteroatoms. The Balaban J connectivity index is 1.95. The first-order valence-corrected chi connectivity index (χ1v) is 4.97. The smallest absolute Gasteiger partial charge is 0.253 e. The highest BCUT2D eigenvalue weighted by atomic mass is 16.5. The molecule has 2 heterocycles. The molecular formula is C10H11N5O2. The van der Waals surface area contributed by atoms with Crippen molar-refractivity contribution in [3.05, 3.63) is 36.1 Å². The fourth-order valence-electron chi connectivity index (χ4n) is 1.21. The summed E-state index contributed by atoms with van der Waals surface area (Å²) in [7, 11) is 1.76. The second-order valence-electron chi connectivity index (χ2n) is 3.21. The number of aromatic nitrogens is 3. The first-order chi connectivity index (χ1) is 8.29. The van der Waals surface area contributed by atoms with E-state index in [0.29, 0.717) is 17.2 Å². The Morgan fingerprint density at radius 1 is 1.41 bits per heavy atom. The maximum absolute atomic E-state index is 11.7. The van der Waals surface area contributed by atoms with Crippen molar-refractivity contribution in [1.29, 1.82) is 0 Å². The Morgan fingerprint density at radius 3 is 2.88 bits per heavy atom. The molecule has 2 N–H and O–H groups in total. The summed E-state index contributed by atoms with van der Waals surface area (Å²) in [6, 6.07) is 3.41. The lowest BCUT2D eigenvalue weighted by molar-refractivity contribution is 0.0949. The van der Waals surface area contributed by atoms with Crippen LogP contribution in [0.25, 0.3) is 0 Å². The summed E-state index contributed by atoms with van der Waals surface area (Å²) in [5, 5.41) is 9.11. The van der Waals surface area contributed by atoms with Gasteiger partial charge in [-0.3, -0.25) is 4.79 Å². The molecule has 0 aliphatic rings. The van der Waals surface area contributed by atoms with E-state index in [1.807, 2.05) is 0 Å². The van der Waals surface area contributed by atoms with Crippen molar-refractivity contribution in [2.45, 2.75) is 6.54 Å². The van der Waals surface area contributed by atoms with Gasteiger partial charge < -0.3 is 15.2 Å². The van der Waals surface area contributed by atoms with E-state index < -0.39 is 0 Å². The van der Waals surface area contributed by atoms with E-state index in [2.05, 4.69) is 30.3 Å². The van der Waals surface area contributed by atoms with E-state index in [1.54, 1.807) is 19.2 Å². The number of carbonyl (C=O) groups excluding carboxylic acids is 1. The van der Waals surface area contributed by atoms with Crippen LogP contribution in [0.2, 0.25) is 0 Å². The van der Waals surface area contributed by atoms with Crippen molar-refractivity contribution in [2.24, 2.45) is 0 Å². The highest BCUT2D eigenvalue weighted by molar-refractivity contribution is 5.93. The summed E-state index contributed by atoms with van der Waals surface area (Å²) >= 11 is 0. The SMILES string of the molecule is CNc1ccc(C(=O)NCc2ncon2)cn1. The number of hydrogen-bond donors (Lipinski definition) is 2. The largest absolute Gasteiger partial charge is 0.373 e. The first kappa shape index (κ1) is 11.1. The number of nitrogens with zero attached hydrogens (tertiary/aromatic N) is 3. The molecular weight excluding hydrogens is 222 g/mol. The Labute approximate surface area is 97.2 Å². The quantitative estimate of drug-likeness (QED) is 0.795. The summed E-state index contributed by atoms with van der Waals surface area (Å²) in [6.07, 6.45) is 2.71. The maximum atomic E-state index is 11.7. The summed E-state index contributed by atoms with van der Waals surface area (Å²) in [6.45, 7) is 0.225. The van der Waals surface area contributed by atoms with Crippen LogP contribution >= 0.6 is 0 Å². The number of nitrogens with one attached hydrogen (secondary N) is 2. The molecule has 0 aliphatic heterocycles. The zero-order valence-corrected chi connectivity index (χ0v) is 9.17. The van der Waals surface area contributed by atoms with E-state index in [-0.39, 0.29) is 12.5 Å². The third kappa shape index (κ3) is 2.77. The molecule has 1 amide bonds. The zero-order chi connectivity index (χ0) is 12.1. The van der Waals surface area contributed by atoms with Crippen LogP contribution in [0.15, 0.2) is 29.2 Å². The van der Waals surface area contributed by atoms with Crippen LogP contribution < -0.4 is 10.6 Å². The number of anilines is 1. The molecule has 0 fully saturated rings. The Hall–Kier alpha value is -2.44. The van der Waals surface area contributed by atoms with Gasteiger partial charge in [-0.25, -0.2) is 4.98 Å². The lowest BCUT2D eigenvalue weighted by Gasteiger charge is -2.03. The van der Waals surface area contributed by atoms with E-state index in [0.717, 1.165) is 0 Å². The van der Waals surface area contributed by atoms with Gasteiger partial charge in [0.1, 0.15) is 5.82 Å². The summed E-state index contributed by atoms with van der Waals surface area (Å²) < 4.78 is 4.55. The van der Waals surface area contributed by atoms with Gasteiger partial charge in [0.05, 0.1) is 12.1 Å². The van der Waals surface area contributed by atoms with Crippen LogP contribution in [-0.4, -0.2) is 28.1 Å². The highest BCUT2D eigenvalue weighted by Gasteiger charge is 2.07. The molecule has 2 aromatic rings. The Bertz CT molecular complexity index is 480. The van der Waals surface area contributed by atoms with Gasteiger partial charge in [0.2, 0.25) is 6.39 Å².